The number of nitrogen functional groups attached to an aromatic ring is 1. The van der Waals surface area contributed by atoms with Crippen molar-refractivity contribution in [2.24, 2.45) is 17.6 Å². The summed E-state index contributed by atoms with van der Waals surface area (Å²) >= 11 is 0. The lowest BCUT2D eigenvalue weighted by molar-refractivity contribution is 0.100. The normalized spacial score (nSPS) is 16.9. The number of anilines is 2. The monoisotopic (exact) mass is 262 g/mol. The molecule has 0 atom stereocenters. The average molecular weight is 262 g/mol. The second-order valence-corrected chi connectivity index (χ2v) is 5.57. The summed E-state index contributed by atoms with van der Waals surface area (Å²) in [6.07, 6.45) is 3.83. The highest BCUT2D eigenvalue weighted by molar-refractivity contribution is 5.98. The molecule has 1 amide bonds. The minimum Gasteiger partial charge on any atom is -0.397 e. The molecule has 1 fully saturated rings. The van der Waals surface area contributed by atoms with Gasteiger partial charge in [-0.05, 0) is 30.7 Å². The van der Waals surface area contributed by atoms with Crippen LogP contribution in [0.4, 0.5) is 11.5 Å². The summed E-state index contributed by atoms with van der Waals surface area (Å²) in [4.78, 5) is 17.9. The highest BCUT2D eigenvalue weighted by Gasteiger charge is 2.24. The summed E-state index contributed by atoms with van der Waals surface area (Å²) < 4.78 is 0. The summed E-state index contributed by atoms with van der Waals surface area (Å²) in [5, 5.41) is 0. The Bertz CT molecular complexity index is 465. The molecule has 104 valence electrons. The van der Waals surface area contributed by atoms with Crippen LogP contribution in [0.2, 0.25) is 0 Å². The van der Waals surface area contributed by atoms with Crippen LogP contribution in [0.25, 0.3) is 0 Å². The van der Waals surface area contributed by atoms with E-state index in [-0.39, 0.29) is 0 Å². The molecule has 1 aliphatic heterocycles. The van der Waals surface area contributed by atoms with Gasteiger partial charge in [0.05, 0.1) is 17.4 Å². The van der Waals surface area contributed by atoms with Crippen molar-refractivity contribution in [2.45, 2.75) is 26.7 Å². The molecule has 4 N–H and O–H groups in total. The first-order valence-corrected chi connectivity index (χ1v) is 6.79. The number of carbonyl (C=O) groups is 1. The Morgan fingerprint density at radius 2 is 2.05 bits per heavy atom. The highest BCUT2D eigenvalue weighted by atomic mass is 16.1. The molecule has 5 heteroatoms. The molecule has 5 nitrogen and oxygen atoms in total. The van der Waals surface area contributed by atoms with Crippen LogP contribution < -0.4 is 16.4 Å². The molecule has 1 aromatic heterocycles. The van der Waals surface area contributed by atoms with Crippen LogP contribution in [0.3, 0.4) is 0 Å². The molecule has 0 saturated carbocycles. The van der Waals surface area contributed by atoms with Crippen LogP contribution in [0, 0.1) is 11.8 Å². The Labute approximate surface area is 114 Å². The summed E-state index contributed by atoms with van der Waals surface area (Å²) in [5.74, 6) is 1.66. The second-order valence-electron chi connectivity index (χ2n) is 5.57. The van der Waals surface area contributed by atoms with Gasteiger partial charge in [0.25, 0.3) is 5.91 Å². The fraction of sp³-hybridized carbons (Fsp3) is 0.571. The van der Waals surface area contributed by atoms with Gasteiger partial charge in [-0.15, -0.1) is 0 Å². The quantitative estimate of drug-likeness (QED) is 0.867. The Morgan fingerprint density at radius 1 is 1.42 bits per heavy atom. The van der Waals surface area contributed by atoms with Gasteiger partial charge in [-0.2, -0.15) is 0 Å². The van der Waals surface area contributed by atoms with E-state index in [1.165, 1.54) is 0 Å². The first-order valence-electron chi connectivity index (χ1n) is 6.79. The summed E-state index contributed by atoms with van der Waals surface area (Å²) in [6.45, 7) is 6.35. The third-order valence-corrected chi connectivity index (χ3v) is 3.94. The number of rotatable bonds is 3. The minimum absolute atomic E-state index is 0.419. The molecule has 19 heavy (non-hydrogen) atoms. The molecule has 0 spiro atoms. The zero-order valence-electron chi connectivity index (χ0n) is 11.6. The van der Waals surface area contributed by atoms with E-state index in [4.69, 9.17) is 11.5 Å². The van der Waals surface area contributed by atoms with Crippen LogP contribution in [-0.2, 0) is 0 Å². The molecule has 0 aliphatic carbocycles. The molecule has 1 aliphatic rings. The van der Waals surface area contributed by atoms with Crippen molar-refractivity contribution in [3.05, 3.63) is 17.8 Å². The number of nitrogens with zero attached hydrogens (tertiary/aromatic N) is 2. The Balaban J connectivity index is 2.17. The largest absolute Gasteiger partial charge is 0.397 e. The van der Waals surface area contributed by atoms with Gasteiger partial charge in [0, 0.05) is 13.1 Å². The van der Waals surface area contributed by atoms with E-state index in [1.54, 1.807) is 12.3 Å². The zero-order valence-corrected chi connectivity index (χ0v) is 11.6. The third kappa shape index (κ3) is 2.97. The number of piperidine rings is 1. The first kappa shape index (κ1) is 13.6. The van der Waals surface area contributed by atoms with Crippen LogP contribution in [-0.4, -0.2) is 24.0 Å². The standard InChI is InChI=1S/C14H22N4O/c1-9(2)10-3-5-18(6-4-10)14-12(13(16)19)7-11(15)8-17-14/h7-10H,3-6,15H2,1-2H3,(H2,16,19). The smallest absolute Gasteiger partial charge is 0.252 e. The van der Waals surface area contributed by atoms with Gasteiger partial charge in [0.2, 0.25) is 0 Å². The summed E-state index contributed by atoms with van der Waals surface area (Å²) in [6, 6.07) is 1.61. The van der Waals surface area contributed by atoms with Gasteiger partial charge in [-0.25, -0.2) is 4.98 Å². The van der Waals surface area contributed by atoms with Crippen molar-refractivity contribution in [3.63, 3.8) is 0 Å². The number of primary amides is 1. The van der Waals surface area contributed by atoms with Crippen LogP contribution in [0.5, 0.6) is 0 Å². The lowest BCUT2D eigenvalue weighted by atomic mass is 9.86. The molecule has 2 heterocycles. The van der Waals surface area contributed by atoms with Crippen LogP contribution >= 0.6 is 0 Å². The molecule has 2 rings (SSSR count). The number of hydrogen-bond donors (Lipinski definition) is 2. The van der Waals surface area contributed by atoms with Gasteiger partial charge in [-0.1, -0.05) is 13.8 Å². The van der Waals surface area contributed by atoms with Gasteiger partial charge in [-0.3, -0.25) is 4.79 Å². The van der Waals surface area contributed by atoms with Crippen molar-refractivity contribution >= 4 is 17.4 Å². The van der Waals surface area contributed by atoms with E-state index in [9.17, 15) is 4.79 Å². The Kier molecular flexibility index (Phi) is 3.93. The predicted molar refractivity (Wildman–Crippen MR) is 76.9 cm³/mol. The van der Waals surface area contributed by atoms with Gasteiger partial charge in [0.1, 0.15) is 5.82 Å². The fourth-order valence-electron chi connectivity index (χ4n) is 2.68. The molecule has 0 aromatic carbocycles. The lowest BCUT2D eigenvalue weighted by Gasteiger charge is -2.35. The molecule has 0 radical (unpaired) electrons. The fourth-order valence-corrected chi connectivity index (χ4v) is 2.68. The van der Waals surface area contributed by atoms with E-state index in [1.807, 2.05) is 0 Å². The number of hydrogen-bond acceptors (Lipinski definition) is 4. The topological polar surface area (TPSA) is 85.2 Å². The van der Waals surface area contributed by atoms with Crippen molar-refractivity contribution in [1.29, 1.82) is 0 Å². The Hall–Kier alpha value is -1.78. The number of nitrogens with two attached hydrogens (primary N) is 2. The molecular formula is C14H22N4O. The van der Waals surface area contributed by atoms with Gasteiger partial charge >= 0.3 is 0 Å². The van der Waals surface area contributed by atoms with E-state index in [0.29, 0.717) is 23.0 Å². The minimum atomic E-state index is -0.471. The molecule has 1 saturated heterocycles. The average Bonchev–Trinajstić information content (AvgIpc) is 2.38. The van der Waals surface area contributed by atoms with E-state index in [2.05, 4.69) is 23.7 Å². The Morgan fingerprint density at radius 3 is 2.58 bits per heavy atom. The second kappa shape index (κ2) is 5.47. The predicted octanol–water partition coefficient (Wildman–Crippen LogP) is 1.64. The van der Waals surface area contributed by atoms with Crippen molar-refractivity contribution in [2.75, 3.05) is 23.7 Å². The summed E-state index contributed by atoms with van der Waals surface area (Å²) in [7, 11) is 0. The van der Waals surface area contributed by atoms with E-state index < -0.39 is 5.91 Å². The van der Waals surface area contributed by atoms with E-state index >= 15 is 0 Å². The third-order valence-electron chi connectivity index (χ3n) is 3.94. The van der Waals surface area contributed by atoms with E-state index in [0.717, 1.165) is 31.8 Å². The molecule has 1 aromatic rings. The maximum absolute atomic E-state index is 11.5. The maximum atomic E-state index is 11.5. The highest BCUT2D eigenvalue weighted by Crippen LogP contribution is 2.28. The van der Waals surface area contributed by atoms with Crippen molar-refractivity contribution in [3.8, 4) is 0 Å². The van der Waals surface area contributed by atoms with Crippen LogP contribution in [0.1, 0.15) is 37.0 Å². The molecule has 0 bridgehead atoms. The summed E-state index contributed by atoms with van der Waals surface area (Å²) in [5.41, 5.74) is 12.0. The number of carbonyl (C=O) groups excluding carboxylic acids is 1. The lowest BCUT2D eigenvalue weighted by Crippen LogP contribution is -2.37. The SMILES string of the molecule is CC(C)C1CCN(c2ncc(N)cc2C(N)=O)CC1. The molecule has 0 unspecified atom stereocenters. The van der Waals surface area contributed by atoms with Crippen molar-refractivity contribution in [1.82, 2.24) is 4.98 Å². The van der Waals surface area contributed by atoms with Gasteiger partial charge < -0.3 is 16.4 Å². The van der Waals surface area contributed by atoms with Crippen molar-refractivity contribution < 1.29 is 4.79 Å². The number of aromatic nitrogens is 1. The number of amides is 1. The molecular weight excluding hydrogens is 240 g/mol. The first-order chi connectivity index (χ1) is 8.99. The maximum Gasteiger partial charge on any atom is 0.252 e. The van der Waals surface area contributed by atoms with Crippen LogP contribution in [0.15, 0.2) is 12.3 Å². The zero-order chi connectivity index (χ0) is 14.0. The van der Waals surface area contributed by atoms with Gasteiger partial charge in [0.15, 0.2) is 0 Å². The number of pyridine rings is 1.